The number of aromatic nitrogens is 3. The summed E-state index contributed by atoms with van der Waals surface area (Å²) in [6.45, 7) is 6.15. The van der Waals surface area contributed by atoms with Crippen molar-refractivity contribution in [2.75, 3.05) is 18.5 Å². The van der Waals surface area contributed by atoms with Crippen molar-refractivity contribution in [3.8, 4) is 17.0 Å². The maximum absolute atomic E-state index is 12.3. The second-order valence-electron chi connectivity index (χ2n) is 6.98. The summed E-state index contributed by atoms with van der Waals surface area (Å²) in [5.74, 6) is 0.122. The predicted molar refractivity (Wildman–Crippen MR) is 120 cm³/mol. The lowest BCUT2D eigenvalue weighted by Crippen LogP contribution is -2.23. The van der Waals surface area contributed by atoms with Crippen LogP contribution in [0.4, 0.5) is 5.69 Å². The Hall–Kier alpha value is -3.85. The number of amides is 2. The smallest absolute Gasteiger partial charge is 0.265 e. The molecule has 0 saturated carbocycles. The molecule has 2 N–H and O–H groups in total. The van der Waals surface area contributed by atoms with Gasteiger partial charge in [-0.2, -0.15) is 0 Å². The zero-order valence-electron chi connectivity index (χ0n) is 16.6. The van der Waals surface area contributed by atoms with Crippen LogP contribution < -0.4 is 15.4 Å². The van der Waals surface area contributed by atoms with E-state index in [-0.39, 0.29) is 11.8 Å². The fraction of sp³-hybridized carbons (Fsp3) is 0.136. The molecule has 1 aliphatic heterocycles. The molecular weight excluding hydrogens is 414 g/mol. The first-order valence-corrected chi connectivity index (χ1v) is 10.4. The van der Waals surface area contributed by atoms with E-state index in [9.17, 15) is 9.59 Å². The van der Waals surface area contributed by atoms with Gasteiger partial charge >= 0.3 is 0 Å². The second-order valence-corrected chi connectivity index (χ2v) is 8.03. The topological polar surface area (TPSA) is 106 Å². The van der Waals surface area contributed by atoms with Gasteiger partial charge in [0.15, 0.2) is 5.75 Å². The first kappa shape index (κ1) is 19.1. The molecule has 3 aromatic heterocycles. The van der Waals surface area contributed by atoms with Crippen molar-refractivity contribution in [1.29, 1.82) is 0 Å². The van der Waals surface area contributed by atoms with Crippen molar-refractivity contribution in [1.82, 2.24) is 20.3 Å². The largest absolute Gasteiger partial charge is 0.489 e. The van der Waals surface area contributed by atoms with Crippen LogP contribution in [0.25, 0.3) is 32.4 Å². The van der Waals surface area contributed by atoms with E-state index in [0.717, 1.165) is 15.6 Å². The summed E-state index contributed by atoms with van der Waals surface area (Å²) in [6.07, 6.45) is 4.56. The van der Waals surface area contributed by atoms with Crippen LogP contribution >= 0.6 is 11.3 Å². The minimum Gasteiger partial charge on any atom is -0.489 e. The molecule has 31 heavy (non-hydrogen) atoms. The maximum atomic E-state index is 12.3. The number of carbonyl (C=O) groups excluding carboxylic acids is 2. The highest BCUT2D eigenvalue weighted by atomic mass is 32.1. The van der Waals surface area contributed by atoms with Gasteiger partial charge in [-0.05, 0) is 31.2 Å². The third-order valence-electron chi connectivity index (χ3n) is 4.99. The minimum atomic E-state index is -0.309. The summed E-state index contributed by atoms with van der Waals surface area (Å²) in [6, 6.07) is 5.61. The Morgan fingerprint density at radius 3 is 3.03 bits per heavy atom. The number of ether oxygens (including phenoxy) is 1. The van der Waals surface area contributed by atoms with Crippen molar-refractivity contribution in [3.05, 3.63) is 53.8 Å². The number of thiophene rings is 1. The molecule has 1 aromatic carbocycles. The summed E-state index contributed by atoms with van der Waals surface area (Å²) in [5.41, 5.74) is 3.96. The molecular formula is C22H17N5O3S. The van der Waals surface area contributed by atoms with E-state index < -0.39 is 0 Å². The van der Waals surface area contributed by atoms with Gasteiger partial charge in [-0.15, -0.1) is 11.3 Å². The van der Waals surface area contributed by atoms with Crippen LogP contribution in [-0.4, -0.2) is 39.9 Å². The first-order valence-electron chi connectivity index (χ1n) is 9.59. The lowest BCUT2D eigenvalue weighted by molar-refractivity contribution is -0.111. The fourth-order valence-corrected chi connectivity index (χ4v) is 4.51. The Kier molecular flexibility index (Phi) is 4.59. The number of rotatable bonds is 3. The number of nitrogens with one attached hydrogen (secondary N) is 2. The third kappa shape index (κ3) is 3.28. The molecule has 0 spiro atoms. The highest BCUT2D eigenvalue weighted by molar-refractivity contribution is 7.21. The van der Waals surface area contributed by atoms with E-state index in [1.165, 1.54) is 17.4 Å². The van der Waals surface area contributed by atoms with Crippen LogP contribution in [0.2, 0.25) is 0 Å². The van der Waals surface area contributed by atoms with E-state index in [4.69, 9.17) is 9.72 Å². The molecule has 0 radical (unpaired) electrons. The number of nitrogens with zero attached hydrogens (tertiary/aromatic N) is 3. The average Bonchev–Trinajstić information content (AvgIpc) is 3.07. The molecule has 4 heterocycles. The second kappa shape index (κ2) is 7.44. The molecule has 0 unspecified atom stereocenters. The van der Waals surface area contributed by atoms with Gasteiger partial charge in [-0.3, -0.25) is 19.6 Å². The molecule has 0 fully saturated rings. The Morgan fingerprint density at radius 2 is 2.19 bits per heavy atom. The Labute approximate surface area is 181 Å². The van der Waals surface area contributed by atoms with Gasteiger partial charge in [-0.1, -0.05) is 6.58 Å². The monoisotopic (exact) mass is 431 g/mol. The maximum Gasteiger partial charge on any atom is 0.265 e. The van der Waals surface area contributed by atoms with Crippen molar-refractivity contribution in [2.24, 2.45) is 0 Å². The van der Waals surface area contributed by atoms with Crippen LogP contribution in [-0.2, 0) is 4.79 Å². The summed E-state index contributed by atoms with van der Waals surface area (Å²) < 4.78 is 6.79. The predicted octanol–water partition coefficient (Wildman–Crippen LogP) is 3.46. The fourth-order valence-electron chi connectivity index (χ4n) is 3.45. The van der Waals surface area contributed by atoms with E-state index in [2.05, 4.69) is 27.2 Å². The molecule has 9 heteroatoms. The van der Waals surface area contributed by atoms with E-state index >= 15 is 0 Å². The van der Waals surface area contributed by atoms with Crippen LogP contribution in [0, 0.1) is 6.92 Å². The summed E-state index contributed by atoms with van der Waals surface area (Å²) in [4.78, 5) is 38.4. The van der Waals surface area contributed by atoms with Crippen molar-refractivity contribution < 1.29 is 14.3 Å². The van der Waals surface area contributed by atoms with Gasteiger partial charge in [0, 0.05) is 16.5 Å². The Balaban J connectivity index is 1.63. The molecule has 0 aliphatic carbocycles. The summed E-state index contributed by atoms with van der Waals surface area (Å²) >= 11 is 1.38. The van der Waals surface area contributed by atoms with Gasteiger partial charge in [0.25, 0.3) is 5.91 Å². The Bertz CT molecular complexity index is 1400. The molecule has 154 valence electrons. The highest BCUT2D eigenvalue weighted by Gasteiger charge is 2.24. The number of hydrogen-bond donors (Lipinski definition) is 2. The van der Waals surface area contributed by atoms with E-state index in [0.29, 0.717) is 51.9 Å². The minimum absolute atomic E-state index is 0.133. The first-order chi connectivity index (χ1) is 15.0. The number of carbonyl (C=O) groups is 2. The number of benzene rings is 1. The molecule has 8 nitrogen and oxygen atoms in total. The summed E-state index contributed by atoms with van der Waals surface area (Å²) in [5, 5.41) is 6.39. The normalized spacial score (nSPS) is 13.3. The molecule has 4 aromatic rings. The van der Waals surface area contributed by atoms with Gasteiger partial charge in [0.1, 0.15) is 17.0 Å². The zero-order valence-corrected chi connectivity index (χ0v) is 17.4. The SMILES string of the molecule is C=CC(=O)Nc1cc(-c2cnc3c(ccc4sc5c(c43)OCCNC5=O)n2)cnc1C. The number of anilines is 1. The zero-order chi connectivity index (χ0) is 21.5. The molecule has 0 atom stereocenters. The van der Waals surface area contributed by atoms with Gasteiger partial charge in [0.05, 0.1) is 40.7 Å². The van der Waals surface area contributed by atoms with Gasteiger partial charge in [-0.25, -0.2) is 4.98 Å². The molecule has 0 bridgehead atoms. The number of fused-ring (bicyclic) bond motifs is 5. The third-order valence-corrected chi connectivity index (χ3v) is 6.12. The van der Waals surface area contributed by atoms with Crippen LogP contribution in [0.1, 0.15) is 15.4 Å². The molecule has 2 amide bonds. The van der Waals surface area contributed by atoms with Gasteiger partial charge < -0.3 is 15.4 Å². The van der Waals surface area contributed by atoms with Crippen LogP contribution in [0.3, 0.4) is 0 Å². The van der Waals surface area contributed by atoms with E-state index in [1.54, 1.807) is 12.4 Å². The lowest BCUT2D eigenvalue weighted by atomic mass is 10.1. The van der Waals surface area contributed by atoms with E-state index in [1.807, 2.05) is 25.1 Å². The molecule has 0 saturated heterocycles. The number of pyridine rings is 1. The number of aryl methyl sites for hydroxylation is 1. The van der Waals surface area contributed by atoms with Gasteiger partial charge in [0.2, 0.25) is 5.91 Å². The Morgan fingerprint density at radius 1 is 1.32 bits per heavy atom. The van der Waals surface area contributed by atoms with Crippen molar-refractivity contribution in [3.63, 3.8) is 0 Å². The van der Waals surface area contributed by atoms with Crippen molar-refractivity contribution >= 4 is 50.0 Å². The van der Waals surface area contributed by atoms with Crippen LogP contribution in [0.5, 0.6) is 5.75 Å². The standard InChI is InChI=1S/C22H17N5O3S/c1-3-17(28)27-14-8-12(9-24-11(14)2)15-10-25-19-13(26-15)4-5-16-18(19)20-21(31-16)22(29)23-6-7-30-20/h3-5,8-10H,1,6-7H2,2H3,(H,23,29)(H,27,28). The lowest BCUT2D eigenvalue weighted by Gasteiger charge is -2.09. The highest BCUT2D eigenvalue weighted by Crippen LogP contribution is 2.42. The quantitative estimate of drug-likeness (QED) is 0.481. The van der Waals surface area contributed by atoms with Crippen LogP contribution in [0.15, 0.2) is 43.2 Å². The molecule has 5 rings (SSSR count). The number of hydrogen-bond acceptors (Lipinski definition) is 7. The molecule has 1 aliphatic rings. The average molecular weight is 431 g/mol. The van der Waals surface area contributed by atoms with Crippen molar-refractivity contribution in [2.45, 2.75) is 6.92 Å². The summed E-state index contributed by atoms with van der Waals surface area (Å²) in [7, 11) is 0.